The fourth-order valence-electron chi connectivity index (χ4n) is 0.480. The van der Waals surface area contributed by atoms with E-state index < -0.39 is 11.3 Å². The van der Waals surface area contributed by atoms with Gasteiger partial charge in [0.15, 0.2) is 0 Å². The van der Waals surface area contributed by atoms with Gasteiger partial charge in [-0.1, -0.05) is 5.92 Å². The summed E-state index contributed by atoms with van der Waals surface area (Å²) >= 11 is -1.54. The second kappa shape index (κ2) is 3.91. The van der Waals surface area contributed by atoms with E-state index in [2.05, 4.69) is 10.9 Å². The van der Waals surface area contributed by atoms with Gasteiger partial charge in [-0.05, 0) is 0 Å². The summed E-state index contributed by atoms with van der Waals surface area (Å²) in [4.78, 5) is 3.69. The molecule has 0 N–H and O–H groups in total. The molecule has 0 spiro atoms. The number of hydrogen-bond donors (Lipinski definition) is 0. The molecular formula is C6H6N2O2S. The first-order valence-electron chi connectivity index (χ1n) is 2.81. The Morgan fingerprint density at radius 2 is 2.64 bits per heavy atom. The Kier molecular flexibility index (Phi) is 2.83. The zero-order valence-corrected chi connectivity index (χ0v) is 6.45. The molecule has 5 heteroatoms. The van der Waals surface area contributed by atoms with Crippen LogP contribution in [-0.2, 0) is 15.4 Å². The van der Waals surface area contributed by atoms with Gasteiger partial charge in [0, 0.05) is 12.4 Å². The van der Waals surface area contributed by atoms with Crippen molar-refractivity contribution in [2.75, 3.05) is 6.61 Å². The summed E-state index contributed by atoms with van der Waals surface area (Å²) < 4.78 is 17.0. The average Bonchev–Trinajstić information content (AvgIpc) is 2.52. The summed E-state index contributed by atoms with van der Waals surface area (Å²) in [5, 5.41) is 0. The fourth-order valence-corrected chi connectivity index (χ4v) is 1.06. The van der Waals surface area contributed by atoms with Crippen molar-refractivity contribution in [3.05, 3.63) is 18.7 Å². The molecule has 1 aromatic rings. The molecular weight excluding hydrogens is 164 g/mol. The SMILES string of the molecule is C#CCOS(=O)n1ccnc1. The molecule has 1 rings (SSSR count). The van der Waals surface area contributed by atoms with E-state index in [9.17, 15) is 4.21 Å². The van der Waals surface area contributed by atoms with Crippen molar-refractivity contribution in [3.63, 3.8) is 0 Å². The lowest BCUT2D eigenvalue weighted by atomic mass is 10.8. The Hall–Kier alpha value is -1.12. The number of imidazole rings is 1. The van der Waals surface area contributed by atoms with E-state index in [1.54, 1.807) is 0 Å². The van der Waals surface area contributed by atoms with Gasteiger partial charge in [-0.25, -0.2) is 13.2 Å². The van der Waals surface area contributed by atoms with Crippen LogP contribution in [0, 0.1) is 12.3 Å². The molecule has 0 aromatic carbocycles. The van der Waals surface area contributed by atoms with Crippen LogP contribution in [0.2, 0.25) is 0 Å². The fraction of sp³-hybridized carbons (Fsp3) is 0.167. The van der Waals surface area contributed by atoms with Crippen LogP contribution in [0.5, 0.6) is 0 Å². The summed E-state index contributed by atoms with van der Waals surface area (Å²) in [7, 11) is 0. The van der Waals surface area contributed by atoms with Crippen LogP contribution in [0.4, 0.5) is 0 Å². The average molecular weight is 170 g/mol. The zero-order chi connectivity index (χ0) is 8.10. The summed E-state index contributed by atoms with van der Waals surface area (Å²) in [6.45, 7) is 0.0325. The molecule has 1 atom stereocenters. The minimum absolute atomic E-state index is 0.0325. The highest BCUT2D eigenvalue weighted by molar-refractivity contribution is 7.78. The van der Waals surface area contributed by atoms with Crippen molar-refractivity contribution in [3.8, 4) is 12.3 Å². The molecule has 0 radical (unpaired) electrons. The molecule has 0 bridgehead atoms. The van der Waals surface area contributed by atoms with E-state index >= 15 is 0 Å². The summed E-state index contributed by atoms with van der Waals surface area (Å²) in [5.74, 6) is 2.21. The second-order valence-corrected chi connectivity index (χ2v) is 2.70. The summed E-state index contributed by atoms with van der Waals surface area (Å²) in [6, 6.07) is 0. The normalized spacial score (nSPS) is 12.3. The number of terminal acetylenes is 1. The van der Waals surface area contributed by atoms with Gasteiger partial charge in [-0.2, -0.15) is 0 Å². The van der Waals surface area contributed by atoms with Gasteiger partial charge in [-0.3, -0.25) is 4.18 Å². The smallest absolute Gasteiger partial charge is 0.260 e. The van der Waals surface area contributed by atoms with E-state index in [4.69, 9.17) is 10.6 Å². The van der Waals surface area contributed by atoms with Crippen LogP contribution in [0.15, 0.2) is 18.7 Å². The molecule has 11 heavy (non-hydrogen) atoms. The largest absolute Gasteiger partial charge is 0.270 e. The van der Waals surface area contributed by atoms with E-state index in [0.717, 1.165) is 0 Å². The molecule has 1 aromatic heterocycles. The van der Waals surface area contributed by atoms with Crippen LogP contribution in [0.1, 0.15) is 0 Å². The van der Waals surface area contributed by atoms with Crippen LogP contribution >= 0.6 is 0 Å². The topological polar surface area (TPSA) is 44.1 Å². The van der Waals surface area contributed by atoms with Crippen molar-refractivity contribution < 1.29 is 8.39 Å². The number of nitrogens with zero attached hydrogens (tertiary/aromatic N) is 2. The highest BCUT2D eigenvalue weighted by atomic mass is 32.2. The van der Waals surface area contributed by atoms with Gasteiger partial charge in [0.25, 0.3) is 11.3 Å². The predicted molar refractivity (Wildman–Crippen MR) is 40.6 cm³/mol. The van der Waals surface area contributed by atoms with E-state index in [1.165, 1.54) is 22.7 Å². The molecule has 0 amide bonds. The highest BCUT2D eigenvalue weighted by Gasteiger charge is 1.98. The number of hydrogen-bond acceptors (Lipinski definition) is 3. The summed E-state index contributed by atoms with van der Waals surface area (Å²) in [6.07, 6.45) is 9.34. The van der Waals surface area contributed by atoms with Gasteiger partial charge in [0.1, 0.15) is 12.9 Å². The number of aromatic nitrogens is 2. The molecule has 1 heterocycles. The molecule has 0 saturated heterocycles. The maximum absolute atomic E-state index is 11.0. The third-order valence-electron chi connectivity index (χ3n) is 0.895. The Bertz CT molecular complexity index is 275. The third kappa shape index (κ3) is 2.18. The Labute approximate surface area is 67.0 Å². The van der Waals surface area contributed by atoms with Crippen molar-refractivity contribution >= 4 is 11.3 Å². The molecule has 0 aliphatic rings. The first-order chi connectivity index (χ1) is 5.34. The van der Waals surface area contributed by atoms with E-state index in [0.29, 0.717) is 0 Å². The molecule has 58 valence electrons. The van der Waals surface area contributed by atoms with Gasteiger partial charge in [-0.15, -0.1) is 6.42 Å². The lowest BCUT2D eigenvalue weighted by Crippen LogP contribution is -2.05. The molecule has 0 saturated carbocycles. The standard InChI is InChI=1S/C6H6N2O2S/c1-2-5-10-11(9)8-4-3-7-6-8/h1,3-4,6H,5H2. The molecule has 0 fully saturated rings. The van der Waals surface area contributed by atoms with Crippen molar-refractivity contribution in [2.24, 2.45) is 0 Å². The molecule has 0 aliphatic heterocycles. The number of rotatable bonds is 3. The molecule has 1 unspecified atom stereocenters. The predicted octanol–water partition coefficient (Wildman–Crippen LogP) is -0.0403. The highest BCUT2D eigenvalue weighted by Crippen LogP contribution is 1.91. The Morgan fingerprint density at radius 3 is 3.18 bits per heavy atom. The van der Waals surface area contributed by atoms with Crippen LogP contribution < -0.4 is 0 Å². The van der Waals surface area contributed by atoms with Crippen LogP contribution in [-0.4, -0.2) is 19.8 Å². The monoisotopic (exact) mass is 170 g/mol. The maximum atomic E-state index is 11.0. The van der Waals surface area contributed by atoms with E-state index in [-0.39, 0.29) is 6.61 Å². The van der Waals surface area contributed by atoms with Gasteiger partial charge >= 0.3 is 0 Å². The van der Waals surface area contributed by atoms with Crippen LogP contribution in [0.3, 0.4) is 0 Å². The van der Waals surface area contributed by atoms with Crippen molar-refractivity contribution in [1.29, 1.82) is 0 Å². The van der Waals surface area contributed by atoms with E-state index in [1.807, 2.05) is 0 Å². The Balaban J connectivity index is 2.51. The molecule has 4 nitrogen and oxygen atoms in total. The van der Waals surface area contributed by atoms with Gasteiger partial charge < -0.3 is 0 Å². The van der Waals surface area contributed by atoms with Crippen LogP contribution in [0.25, 0.3) is 0 Å². The lowest BCUT2D eigenvalue weighted by molar-refractivity contribution is 0.397. The summed E-state index contributed by atoms with van der Waals surface area (Å²) in [5.41, 5.74) is 0. The van der Waals surface area contributed by atoms with Gasteiger partial charge in [0.05, 0.1) is 0 Å². The minimum atomic E-state index is -1.54. The first kappa shape index (κ1) is 7.98. The second-order valence-electron chi connectivity index (χ2n) is 1.61. The molecule has 0 aliphatic carbocycles. The Morgan fingerprint density at radius 1 is 1.82 bits per heavy atom. The van der Waals surface area contributed by atoms with Crippen molar-refractivity contribution in [1.82, 2.24) is 8.96 Å². The zero-order valence-electron chi connectivity index (χ0n) is 5.64. The van der Waals surface area contributed by atoms with Crippen molar-refractivity contribution in [2.45, 2.75) is 0 Å². The van der Waals surface area contributed by atoms with Gasteiger partial charge in [0.2, 0.25) is 0 Å². The quantitative estimate of drug-likeness (QED) is 0.598. The lowest BCUT2D eigenvalue weighted by Gasteiger charge is -1.97. The first-order valence-corrected chi connectivity index (χ1v) is 3.84. The minimum Gasteiger partial charge on any atom is -0.260 e. The maximum Gasteiger partial charge on any atom is 0.270 e. The third-order valence-corrected chi connectivity index (χ3v) is 1.78.